The van der Waals surface area contributed by atoms with E-state index in [0.717, 1.165) is 47.6 Å². The molecule has 5 rings (SSSR count). The van der Waals surface area contributed by atoms with E-state index in [2.05, 4.69) is 55.0 Å². The molecule has 0 bridgehead atoms. The second-order valence-electron chi connectivity index (χ2n) is 8.43. The van der Waals surface area contributed by atoms with Crippen molar-refractivity contribution in [1.29, 1.82) is 0 Å². The van der Waals surface area contributed by atoms with Crippen LogP contribution in [0.3, 0.4) is 0 Å². The molecule has 1 atom stereocenters. The number of fused-ring (bicyclic) bond motifs is 2. The minimum atomic E-state index is -0.128. The fourth-order valence-corrected chi connectivity index (χ4v) is 5.13. The number of benzene rings is 1. The summed E-state index contributed by atoms with van der Waals surface area (Å²) >= 11 is 1.80. The summed E-state index contributed by atoms with van der Waals surface area (Å²) in [6.07, 6.45) is 4.15. The molecule has 4 heterocycles. The maximum Gasteiger partial charge on any atom is 0.164 e. The molecule has 0 spiro atoms. The molecule has 0 N–H and O–H groups in total. The van der Waals surface area contributed by atoms with Crippen LogP contribution in [0.5, 0.6) is 0 Å². The van der Waals surface area contributed by atoms with Crippen LogP contribution in [-0.2, 0) is 5.54 Å². The number of rotatable bonds is 2. The van der Waals surface area contributed by atoms with Crippen molar-refractivity contribution in [2.45, 2.75) is 52.1 Å². The number of aryl methyl sites for hydroxylation is 1. The Labute approximate surface area is 168 Å². The molecule has 144 valence electrons. The van der Waals surface area contributed by atoms with Crippen LogP contribution < -0.4 is 4.90 Å². The quantitative estimate of drug-likeness (QED) is 0.488. The molecule has 7 heteroatoms. The van der Waals surface area contributed by atoms with Gasteiger partial charge in [-0.25, -0.2) is 19.6 Å². The monoisotopic (exact) mass is 392 g/mol. The van der Waals surface area contributed by atoms with Gasteiger partial charge in [-0.05, 0) is 52.7 Å². The Kier molecular flexibility index (Phi) is 3.91. The number of thiazole rings is 1. The van der Waals surface area contributed by atoms with Gasteiger partial charge in [0.05, 0.1) is 33.4 Å². The third-order valence-electron chi connectivity index (χ3n) is 5.28. The standard InChI is InChI=1S/C21H24N6S/c1-13-23-18(14-12-22-27(19(14)24-13)21(2,3)4)26-11-7-9-16(26)20-25-15-8-5-6-10-17(15)28-20/h5-6,8,10,12,16H,7,9,11H2,1-4H3. The normalized spacial score (nSPS) is 17.9. The average Bonchev–Trinajstić information content (AvgIpc) is 3.36. The van der Waals surface area contributed by atoms with Gasteiger partial charge < -0.3 is 4.90 Å². The molecule has 6 nitrogen and oxygen atoms in total. The summed E-state index contributed by atoms with van der Waals surface area (Å²) in [6, 6.07) is 8.63. The van der Waals surface area contributed by atoms with E-state index in [-0.39, 0.29) is 11.6 Å². The minimum Gasteiger partial charge on any atom is -0.346 e. The first-order valence-electron chi connectivity index (χ1n) is 9.77. The Hall–Kier alpha value is -2.54. The molecular formula is C21H24N6S. The van der Waals surface area contributed by atoms with Crippen molar-refractivity contribution in [1.82, 2.24) is 24.7 Å². The molecule has 1 aromatic carbocycles. The highest BCUT2D eigenvalue weighted by atomic mass is 32.1. The smallest absolute Gasteiger partial charge is 0.164 e. The van der Waals surface area contributed by atoms with Crippen molar-refractivity contribution in [2.24, 2.45) is 0 Å². The van der Waals surface area contributed by atoms with Gasteiger partial charge >= 0.3 is 0 Å². The molecule has 0 amide bonds. The maximum atomic E-state index is 4.93. The first-order valence-corrected chi connectivity index (χ1v) is 10.6. The number of nitrogens with zero attached hydrogens (tertiary/aromatic N) is 6. The number of hydrogen-bond acceptors (Lipinski definition) is 6. The minimum absolute atomic E-state index is 0.128. The molecule has 1 aliphatic heterocycles. The first kappa shape index (κ1) is 17.6. The Morgan fingerprint density at radius 2 is 1.93 bits per heavy atom. The topological polar surface area (TPSA) is 59.7 Å². The van der Waals surface area contributed by atoms with Gasteiger partial charge in [0.1, 0.15) is 16.6 Å². The van der Waals surface area contributed by atoms with E-state index in [4.69, 9.17) is 15.0 Å². The van der Waals surface area contributed by atoms with Gasteiger partial charge in [0.15, 0.2) is 5.65 Å². The van der Waals surface area contributed by atoms with Crippen LogP contribution in [-0.4, -0.2) is 31.3 Å². The molecule has 28 heavy (non-hydrogen) atoms. The second-order valence-corrected chi connectivity index (χ2v) is 9.49. The van der Waals surface area contributed by atoms with Crippen molar-refractivity contribution in [3.05, 3.63) is 41.3 Å². The lowest BCUT2D eigenvalue weighted by atomic mass is 10.1. The van der Waals surface area contributed by atoms with E-state index in [9.17, 15) is 0 Å². The van der Waals surface area contributed by atoms with Crippen LogP contribution in [0.2, 0.25) is 0 Å². The van der Waals surface area contributed by atoms with E-state index in [1.54, 1.807) is 11.3 Å². The molecule has 1 saturated heterocycles. The molecule has 0 aliphatic carbocycles. The molecule has 4 aromatic rings. The lowest BCUT2D eigenvalue weighted by Gasteiger charge is -2.25. The fraction of sp³-hybridized carbons (Fsp3) is 0.429. The van der Waals surface area contributed by atoms with Gasteiger partial charge in [-0.3, -0.25) is 0 Å². The highest BCUT2D eigenvalue weighted by Crippen LogP contribution is 2.40. The number of hydrogen-bond donors (Lipinski definition) is 0. The van der Waals surface area contributed by atoms with Gasteiger partial charge in [-0.1, -0.05) is 12.1 Å². The summed E-state index contributed by atoms with van der Waals surface area (Å²) in [4.78, 5) is 16.9. The van der Waals surface area contributed by atoms with E-state index in [1.165, 1.54) is 9.71 Å². The Balaban J connectivity index is 1.63. The van der Waals surface area contributed by atoms with E-state index in [1.807, 2.05) is 17.8 Å². The number of anilines is 1. The molecule has 1 unspecified atom stereocenters. The SMILES string of the molecule is Cc1nc(N2CCCC2c2nc3ccccc3s2)c2cnn(C(C)(C)C)c2n1. The molecular weight excluding hydrogens is 368 g/mol. The predicted molar refractivity (Wildman–Crippen MR) is 114 cm³/mol. The largest absolute Gasteiger partial charge is 0.346 e. The Morgan fingerprint density at radius 1 is 1.11 bits per heavy atom. The maximum absolute atomic E-state index is 4.93. The van der Waals surface area contributed by atoms with Crippen LogP contribution in [0.1, 0.15) is 50.5 Å². The molecule has 0 radical (unpaired) electrons. The summed E-state index contributed by atoms with van der Waals surface area (Å²) in [7, 11) is 0. The first-order chi connectivity index (χ1) is 13.4. The molecule has 1 fully saturated rings. The highest BCUT2D eigenvalue weighted by Gasteiger charge is 2.32. The second kappa shape index (κ2) is 6.24. The van der Waals surface area contributed by atoms with Crippen molar-refractivity contribution >= 4 is 38.4 Å². The molecule has 0 saturated carbocycles. The van der Waals surface area contributed by atoms with Gasteiger partial charge in [-0.15, -0.1) is 11.3 Å². The van der Waals surface area contributed by atoms with E-state index in [0.29, 0.717) is 0 Å². The lowest BCUT2D eigenvalue weighted by Crippen LogP contribution is -2.25. The third kappa shape index (κ3) is 2.76. The zero-order chi connectivity index (χ0) is 19.5. The Bertz CT molecular complexity index is 1140. The van der Waals surface area contributed by atoms with Gasteiger partial charge in [0.2, 0.25) is 0 Å². The Morgan fingerprint density at radius 3 is 2.71 bits per heavy atom. The van der Waals surface area contributed by atoms with Crippen LogP contribution in [0.25, 0.3) is 21.3 Å². The highest BCUT2D eigenvalue weighted by molar-refractivity contribution is 7.18. The predicted octanol–water partition coefficient (Wildman–Crippen LogP) is 4.84. The zero-order valence-corrected chi connectivity index (χ0v) is 17.5. The van der Waals surface area contributed by atoms with Gasteiger partial charge in [0, 0.05) is 6.54 Å². The van der Waals surface area contributed by atoms with Crippen molar-refractivity contribution in [2.75, 3.05) is 11.4 Å². The fourth-order valence-electron chi connectivity index (χ4n) is 4.02. The van der Waals surface area contributed by atoms with Crippen molar-refractivity contribution in [3.63, 3.8) is 0 Å². The third-order valence-corrected chi connectivity index (χ3v) is 6.41. The van der Waals surface area contributed by atoms with E-state index >= 15 is 0 Å². The molecule has 3 aromatic heterocycles. The molecule has 1 aliphatic rings. The van der Waals surface area contributed by atoms with Gasteiger partial charge in [-0.2, -0.15) is 5.10 Å². The summed E-state index contributed by atoms with van der Waals surface area (Å²) in [5.74, 6) is 1.77. The van der Waals surface area contributed by atoms with Crippen LogP contribution >= 0.6 is 11.3 Å². The average molecular weight is 393 g/mol. The van der Waals surface area contributed by atoms with E-state index < -0.39 is 0 Å². The van der Waals surface area contributed by atoms with Gasteiger partial charge in [0.25, 0.3) is 0 Å². The summed E-state index contributed by atoms with van der Waals surface area (Å²) in [6.45, 7) is 9.39. The number of aromatic nitrogens is 5. The van der Waals surface area contributed by atoms with Crippen molar-refractivity contribution < 1.29 is 0 Å². The van der Waals surface area contributed by atoms with Crippen LogP contribution in [0, 0.1) is 6.92 Å². The zero-order valence-electron chi connectivity index (χ0n) is 16.7. The summed E-state index contributed by atoms with van der Waals surface area (Å²) < 4.78 is 3.25. The lowest BCUT2D eigenvalue weighted by molar-refractivity contribution is 0.365. The number of para-hydroxylation sites is 1. The van der Waals surface area contributed by atoms with Crippen LogP contribution in [0.15, 0.2) is 30.5 Å². The summed E-state index contributed by atoms with van der Waals surface area (Å²) in [5.41, 5.74) is 1.86. The summed E-state index contributed by atoms with van der Waals surface area (Å²) in [5, 5.41) is 6.84. The van der Waals surface area contributed by atoms with Crippen LogP contribution in [0.4, 0.5) is 5.82 Å². The van der Waals surface area contributed by atoms with Crippen molar-refractivity contribution in [3.8, 4) is 0 Å².